The molecule has 0 amide bonds. The quantitative estimate of drug-likeness (QED) is 0.848. The van der Waals surface area contributed by atoms with Crippen molar-refractivity contribution in [2.45, 2.75) is 43.9 Å². The number of nitrogens with one attached hydrogen (secondary N) is 2. The van der Waals surface area contributed by atoms with Crippen molar-refractivity contribution in [1.82, 2.24) is 4.72 Å². The summed E-state index contributed by atoms with van der Waals surface area (Å²) in [5.41, 5.74) is 0.699. The highest BCUT2D eigenvalue weighted by Gasteiger charge is 2.21. The van der Waals surface area contributed by atoms with Crippen LogP contribution in [0.1, 0.15) is 39.0 Å². The molecule has 0 saturated heterocycles. The molecule has 4 nitrogen and oxygen atoms in total. The zero-order valence-electron chi connectivity index (χ0n) is 12.9. The largest absolute Gasteiger partial charge is 0.384 e. The second-order valence-electron chi connectivity index (χ2n) is 5.88. The molecule has 21 heavy (non-hydrogen) atoms. The van der Waals surface area contributed by atoms with Gasteiger partial charge in [-0.3, -0.25) is 0 Å². The zero-order chi connectivity index (χ0) is 15.3. The molecule has 0 radical (unpaired) electrons. The monoisotopic (exact) mass is 310 g/mol. The van der Waals surface area contributed by atoms with Crippen LogP contribution in [0.25, 0.3) is 0 Å². The maximum Gasteiger partial charge on any atom is 0.242 e. The smallest absolute Gasteiger partial charge is 0.242 e. The number of hydrogen-bond donors (Lipinski definition) is 2. The lowest BCUT2D eigenvalue weighted by atomic mass is 9.81. The lowest BCUT2D eigenvalue weighted by molar-refractivity contribution is 0.278. The van der Waals surface area contributed by atoms with E-state index in [1.54, 1.807) is 12.1 Å². The average Bonchev–Trinajstić information content (AvgIpc) is 2.53. The van der Waals surface area contributed by atoms with Gasteiger partial charge in [0, 0.05) is 6.54 Å². The Hall–Kier alpha value is -1.07. The first-order valence-corrected chi connectivity index (χ1v) is 9.31. The van der Waals surface area contributed by atoms with Crippen molar-refractivity contribution in [2.75, 3.05) is 18.9 Å². The minimum Gasteiger partial charge on any atom is -0.384 e. The zero-order valence-corrected chi connectivity index (χ0v) is 13.7. The van der Waals surface area contributed by atoms with E-state index in [1.165, 1.54) is 39.2 Å². The standard InChI is InChI=1S/C16H26N2O2S/c1-3-13-8-10-14(11-9-13)12-18-15-6-4-5-7-16(15)21(19,20)17-2/h4-7,13-14,17-18H,3,8-12H2,1-2H3. The van der Waals surface area contributed by atoms with E-state index < -0.39 is 10.0 Å². The summed E-state index contributed by atoms with van der Waals surface area (Å²) >= 11 is 0. The molecule has 0 heterocycles. The minimum absolute atomic E-state index is 0.328. The van der Waals surface area contributed by atoms with E-state index in [0.29, 0.717) is 16.5 Å². The van der Waals surface area contributed by atoms with Crippen LogP contribution in [0.3, 0.4) is 0 Å². The summed E-state index contributed by atoms with van der Waals surface area (Å²) in [7, 11) is -1.96. The van der Waals surface area contributed by atoms with Gasteiger partial charge in [0.15, 0.2) is 0 Å². The molecule has 2 rings (SSSR count). The van der Waals surface area contributed by atoms with E-state index in [-0.39, 0.29) is 0 Å². The number of para-hydroxylation sites is 1. The SMILES string of the molecule is CCC1CCC(CNc2ccccc2S(=O)(=O)NC)CC1. The third kappa shape index (κ3) is 4.20. The molecule has 0 aliphatic heterocycles. The molecule has 118 valence electrons. The Balaban J connectivity index is 1.98. The van der Waals surface area contributed by atoms with E-state index in [1.807, 2.05) is 12.1 Å². The number of anilines is 1. The molecule has 0 spiro atoms. The van der Waals surface area contributed by atoms with Crippen molar-refractivity contribution in [3.05, 3.63) is 24.3 Å². The van der Waals surface area contributed by atoms with E-state index in [4.69, 9.17) is 0 Å². The molecule has 1 aromatic rings. The highest BCUT2D eigenvalue weighted by atomic mass is 32.2. The van der Waals surface area contributed by atoms with Crippen LogP contribution in [0.4, 0.5) is 5.69 Å². The van der Waals surface area contributed by atoms with Gasteiger partial charge in [0.05, 0.1) is 5.69 Å². The lowest BCUT2D eigenvalue weighted by Crippen LogP contribution is -2.23. The molecular formula is C16H26N2O2S. The average molecular weight is 310 g/mol. The highest BCUT2D eigenvalue weighted by Crippen LogP contribution is 2.31. The predicted octanol–water partition coefficient (Wildman–Crippen LogP) is 3.22. The van der Waals surface area contributed by atoms with Crippen LogP contribution in [0, 0.1) is 11.8 Å². The Morgan fingerprint density at radius 2 is 1.71 bits per heavy atom. The molecule has 1 saturated carbocycles. The van der Waals surface area contributed by atoms with Crippen LogP contribution in [-0.2, 0) is 10.0 Å². The Labute approximate surface area is 128 Å². The fourth-order valence-corrected chi connectivity index (χ4v) is 3.96. The van der Waals surface area contributed by atoms with Gasteiger partial charge in [-0.15, -0.1) is 0 Å². The van der Waals surface area contributed by atoms with Crippen molar-refractivity contribution in [2.24, 2.45) is 11.8 Å². The van der Waals surface area contributed by atoms with E-state index >= 15 is 0 Å². The highest BCUT2D eigenvalue weighted by molar-refractivity contribution is 7.89. The van der Waals surface area contributed by atoms with Gasteiger partial charge in [0.2, 0.25) is 10.0 Å². The van der Waals surface area contributed by atoms with Crippen LogP contribution in [0.5, 0.6) is 0 Å². The van der Waals surface area contributed by atoms with Crippen LogP contribution in [0.2, 0.25) is 0 Å². The normalized spacial score (nSPS) is 23.0. The van der Waals surface area contributed by atoms with Crippen LogP contribution in [-0.4, -0.2) is 22.0 Å². The first-order chi connectivity index (χ1) is 10.1. The fraction of sp³-hybridized carbons (Fsp3) is 0.625. The van der Waals surface area contributed by atoms with Crippen molar-refractivity contribution < 1.29 is 8.42 Å². The van der Waals surface area contributed by atoms with Gasteiger partial charge in [0.1, 0.15) is 4.90 Å². The van der Waals surface area contributed by atoms with Gasteiger partial charge < -0.3 is 5.32 Å². The van der Waals surface area contributed by atoms with Crippen LogP contribution < -0.4 is 10.0 Å². The molecule has 0 aromatic heterocycles. The molecule has 0 atom stereocenters. The molecular weight excluding hydrogens is 284 g/mol. The maximum absolute atomic E-state index is 12.0. The Bertz CT molecular complexity index is 549. The van der Waals surface area contributed by atoms with Gasteiger partial charge in [-0.1, -0.05) is 38.3 Å². The van der Waals surface area contributed by atoms with E-state index in [9.17, 15) is 8.42 Å². The van der Waals surface area contributed by atoms with E-state index in [2.05, 4.69) is 17.0 Å². The van der Waals surface area contributed by atoms with Gasteiger partial charge in [0.25, 0.3) is 0 Å². The Morgan fingerprint density at radius 1 is 1.10 bits per heavy atom. The summed E-state index contributed by atoms with van der Waals surface area (Å²) in [4.78, 5) is 0.328. The van der Waals surface area contributed by atoms with Crippen molar-refractivity contribution >= 4 is 15.7 Å². The van der Waals surface area contributed by atoms with Gasteiger partial charge in [-0.25, -0.2) is 13.1 Å². The summed E-state index contributed by atoms with van der Waals surface area (Å²) in [5.74, 6) is 1.54. The number of rotatable bonds is 6. The van der Waals surface area contributed by atoms with Gasteiger partial charge >= 0.3 is 0 Å². The molecule has 0 unspecified atom stereocenters. The number of benzene rings is 1. The summed E-state index contributed by atoms with van der Waals surface area (Å²) in [6, 6.07) is 7.09. The number of hydrogen-bond acceptors (Lipinski definition) is 3. The molecule has 0 bridgehead atoms. The van der Waals surface area contributed by atoms with Crippen molar-refractivity contribution in [3.63, 3.8) is 0 Å². The van der Waals surface area contributed by atoms with E-state index in [0.717, 1.165) is 12.5 Å². The Kier molecular flexibility index (Phi) is 5.65. The van der Waals surface area contributed by atoms with Crippen molar-refractivity contribution in [3.8, 4) is 0 Å². The summed E-state index contributed by atoms with van der Waals surface area (Å²) in [6.45, 7) is 3.12. The lowest BCUT2D eigenvalue weighted by Gasteiger charge is -2.28. The third-order valence-electron chi connectivity index (χ3n) is 4.57. The second kappa shape index (κ2) is 7.27. The first-order valence-electron chi connectivity index (χ1n) is 7.83. The van der Waals surface area contributed by atoms with Gasteiger partial charge in [-0.05, 0) is 43.9 Å². The summed E-state index contributed by atoms with van der Waals surface area (Å²) in [5, 5.41) is 3.34. The van der Waals surface area contributed by atoms with Gasteiger partial charge in [-0.2, -0.15) is 0 Å². The predicted molar refractivity (Wildman–Crippen MR) is 86.9 cm³/mol. The molecule has 5 heteroatoms. The third-order valence-corrected chi connectivity index (χ3v) is 6.04. The molecule has 1 aliphatic carbocycles. The summed E-state index contributed by atoms with van der Waals surface area (Å²) in [6.07, 6.45) is 6.38. The molecule has 1 aromatic carbocycles. The Morgan fingerprint density at radius 3 is 2.33 bits per heavy atom. The molecule has 1 fully saturated rings. The molecule has 1 aliphatic rings. The fourth-order valence-electron chi connectivity index (χ4n) is 3.06. The number of sulfonamides is 1. The minimum atomic E-state index is -3.41. The maximum atomic E-state index is 12.0. The van der Waals surface area contributed by atoms with Crippen molar-refractivity contribution in [1.29, 1.82) is 0 Å². The summed E-state index contributed by atoms with van der Waals surface area (Å²) < 4.78 is 26.4. The molecule has 2 N–H and O–H groups in total. The first kappa shape index (κ1) is 16.3. The topological polar surface area (TPSA) is 58.2 Å². The van der Waals surface area contributed by atoms with Crippen LogP contribution in [0.15, 0.2) is 29.2 Å². The van der Waals surface area contributed by atoms with Crippen LogP contribution >= 0.6 is 0 Å². The second-order valence-corrected chi connectivity index (χ2v) is 7.73.